The van der Waals surface area contributed by atoms with E-state index >= 15 is 0 Å². The maximum absolute atomic E-state index is 7.00. The number of rotatable bonds is 6. The fraction of sp³-hybridized carbons (Fsp3) is 0.114. The highest BCUT2D eigenvalue weighted by Gasteiger charge is 2.27. The van der Waals surface area contributed by atoms with E-state index in [1.807, 2.05) is 0 Å². The first-order chi connectivity index (χ1) is 36.5. The number of anilines is 6. The molecule has 15 rings (SSSR count). The van der Waals surface area contributed by atoms with Crippen molar-refractivity contribution in [1.29, 1.82) is 0 Å². The number of hydrogen-bond donors (Lipinski definition) is 0. The quantitative estimate of drug-likeness (QED) is 0.166. The van der Waals surface area contributed by atoms with Crippen molar-refractivity contribution in [2.45, 2.75) is 52.4 Å². The van der Waals surface area contributed by atoms with E-state index in [1.54, 1.807) is 0 Å². The van der Waals surface area contributed by atoms with E-state index in [4.69, 9.17) is 8.83 Å². The summed E-state index contributed by atoms with van der Waals surface area (Å²) in [5.74, 6) is 0. The molecule has 0 radical (unpaired) electrons. The first kappa shape index (κ1) is 43.5. The predicted molar refractivity (Wildman–Crippen MR) is 317 cm³/mol. The van der Waals surface area contributed by atoms with Gasteiger partial charge < -0.3 is 23.0 Å². The van der Waals surface area contributed by atoms with Gasteiger partial charge in [-0.2, -0.15) is 0 Å². The molecule has 0 spiro atoms. The van der Waals surface area contributed by atoms with E-state index in [0.717, 1.165) is 88.8 Å². The van der Waals surface area contributed by atoms with Crippen LogP contribution in [0.4, 0.5) is 34.1 Å². The van der Waals surface area contributed by atoms with Gasteiger partial charge in [-0.05, 0) is 117 Å². The maximum atomic E-state index is 7.00. The van der Waals surface area contributed by atoms with Gasteiger partial charge in [-0.3, -0.25) is 0 Å². The van der Waals surface area contributed by atoms with E-state index in [1.165, 1.54) is 60.0 Å². The van der Waals surface area contributed by atoms with E-state index in [0.29, 0.717) is 0 Å². The minimum atomic E-state index is -0.0785. The van der Waals surface area contributed by atoms with Crippen molar-refractivity contribution in [2.24, 2.45) is 0 Å². The zero-order chi connectivity index (χ0) is 50.5. The molecule has 0 saturated heterocycles. The molecule has 0 aliphatic rings. The van der Waals surface area contributed by atoms with Gasteiger partial charge in [0.05, 0.1) is 27.9 Å². The molecule has 11 aromatic carbocycles. The van der Waals surface area contributed by atoms with Crippen molar-refractivity contribution in [3.63, 3.8) is 0 Å². The van der Waals surface area contributed by atoms with Gasteiger partial charge in [-0.25, -0.2) is 0 Å². The summed E-state index contributed by atoms with van der Waals surface area (Å²) in [5.41, 5.74) is 15.8. The molecule has 0 fully saturated rings. The van der Waals surface area contributed by atoms with Gasteiger partial charge >= 0.3 is 0 Å². The zero-order valence-electron chi connectivity index (χ0n) is 42.9. The molecule has 0 aliphatic carbocycles. The van der Waals surface area contributed by atoms with Crippen LogP contribution in [0.2, 0.25) is 0 Å². The summed E-state index contributed by atoms with van der Waals surface area (Å²) in [6.07, 6.45) is 0. The fourth-order valence-corrected chi connectivity index (χ4v) is 12.4. The zero-order valence-corrected chi connectivity index (χ0v) is 42.9. The van der Waals surface area contributed by atoms with Crippen molar-refractivity contribution < 1.29 is 8.83 Å². The molecule has 0 amide bonds. The van der Waals surface area contributed by atoms with Gasteiger partial charge in [0.15, 0.2) is 11.2 Å². The molecular weight excluding hydrogens is 915 g/mol. The third kappa shape index (κ3) is 6.50. The largest absolute Gasteiger partial charge is 0.454 e. The predicted octanol–water partition coefficient (Wildman–Crippen LogP) is 20.5. The van der Waals surface area contributed by atoms with Crippen LogP contribution in [0.15, 0.2) is 221 Å². The molecule has 4 aromatic heterocycles. The van der Waals surface area contributed by atoms with Crippen LogP contribution in [0.5, 0.6) is 0 Å². The minimum Gasteiger partial charge on any atom is -0.454 e. The molecule has 75 heavy (non-hydrogen) atoms. The van der Waals surface area contributed by atoms with Crippen molar-refractivity contribution in [3.05, 3.63) is 223 Å². The molecule has 0 saturated carbocycles. The molecule has 360 valence electrons. The second-order valence-corrected chi connectivity index (χ2v) is 22.6. The summed E-state index contributed by atoms with van der Waals surface area (Å²) < 4.78 is 16.5. The lowest BCUT2D eigenvalue weighted by atomic mass is 9.86. The molecule has 0 N–H and O–H groups in total. The van der Waals surface area contributed by atoms with Gasteiger partial charge in [0.25, 0.3) is 0 Å². The van der Waals surface area contributed by atoms with Gasteiger partial charge in [0.2, 0.25) is 0 Å². The van der Waals surface area contributed by atoms with Gasteiger partial charge in [0, 0.05) is 77.0 Å². The van der Waals surface area contributed by atoms with Crippen LogP contribution in [0.25, 0.3) is 104 Å². The van der Waals surface area contributed by atoms with Crippen molar-refractivity contribution in [3.8, 4) is 0 Å². The molecule has 15 aromatic rings. The maximum Gasteiger partial charge on any atom is 0.159 e. The van der Waals surface area contributed by atoms with Crippen LogP contribution in [-0.2, 0) is 10.8 Å². The van der Waals surface area contributed by atoms with Crippen LogP contribution in [0.1, 0.15) is 52.7 Å². The van der Waals surface area contributed by atoms with Crippen molar-refractivity contribution in [1.82, 2.24) is 4.40 Å². The summed E-state index contributed by atoms with van der Waals surface area (Å²) in [5, 5.41) is 14.2. The Morgan fingerprint density at radius 2 is 0.693 bits per heavy atom. The SMILES string of the molecule is CC(C)(C)c1cccc2c1oc1c(N(c3ccccc3)c3ccc4cc5c6cccc7c8cc9ccc(N(c%10ccccc%10)c%10cccc%11c%10oc%10c(C(C)(C)C)cccc%10%11)cc9cc8n(c5cc4c3)c67)cccc12. The number of benzene rings is 11. The molecule has 0 unspecified atom stereocenters. The third-order valence-electron chi connectivity index (χ3n) is 15.8. The molecule has 5 nitrogen and oxygen atoms in total. The summed E-state index contributed by atoms with van der Waals surface area (Å²) in [4.78, 5) is 4.71. The lowest BCUT2D eigenvalue weighted by molar-refractivity contribution is 0.572. The van der Waals surface area contributed by atoms with Gasteiger partial charge in [-0.15, -0.1) is 0 Å². The van der Waals surface area contributed by atoms with Crippen LogP contribution in [0, 0.1) is 0 Å². The monoisotopic (exact) mass is 967 g/mol. The van der Waals surface area contributed by atoms with E-state index in [-0.39, 0.29) is 10.8 Å². The van der Waals surface area contributed by atoms with Crippen molar-refractivity contribution in [2.75, 3.05) is 9.80 Å². The summed E-state index contributed by atoms with van der Waals surface area (Å²) in [6, 6.07) is 77.7. The number of para-hydroxylation sites is 7. The van der Waals surface area contributed by atoms with Crippen molar-refractivity contribution >= 4 is 138 Å². The Bertz CT molecular complexity index is 4490. The lowest BCUT2D eigenvalue weighted by Gasteiger charge is -2.26. The standard InChI is InChI=1S/C70H53N3O2/c1-69(2,3)58-28-14-24-52-54-26-16-30-60(67(54)74-65(52)58)71(46-18-9-7-10-19-46)48-34-32-42-38-56-50-22-13-23-51-57-39-43-33-35-49(37-45(43)41-63(57)73(64(50)51)62(56)40-44(42)36-48)72(47-20-11-8-12-21-47)61-31-17-27-55-53-25-15-29-59(70(4,5)6)66(53)75-68(55)61/h7-41H,1-6H3. The Kier molecular flexibility index (Phi) is 9.12. The van der Waals surface area contributed by atoms with Crippen LogP contribution in [0.3, 0.4) is 0 Å². The highest BCUT2D eigenvalue weighted by atomic mass is 16.3. The van der Waals surface area contributed by atoms with E-state index in [2.05, 4.69) is 268 Å². The average molecular weight is 968 g/mol. The van der Waals surface area contributed by atoms with Crippen LogP contribution >= 0.6 is 0 Å². The van der Waals surface area contributed by atoms with E-state index in [9.17, 15) is 0 Å². The summed E-state index contributed by atoms with van der Waals surface area (Å²) in [7, 11) is 0. The number of furan rings is 2. The average Bonchev–Trinajstić information content (AvgIpc) is 4.20. The first-order valence-electron chi connectivity index (χ1n) is 26.2. The highest BCUT2D eigenvalue weighted by Crippen LogP contribution is 2.48. The molecule has 4 heterocycles. The van der Waals surface area contributed by atoms with Gasteiger partial charge in [0.1, 0.15) is 11.2 Å². The Labute approximate surface area is 434 Å². The first-order valence-corrected chi connectivity index (χ1v) is 26.2. The van der Waals surface area contributed by atoms with Crippen LogP contribution in [-0.4, -0.2) is 4.40 Å². The Balaban J connectivity index is 0.919. The molecule has 0 aliphatic heterocycles. The Hall–Kier alpha value is -9.06. The molecule has 0 bridgehead atoms. The van der Waals surface area contributed by atoms with E-state index < -0.39 is 0 Å². The number of fused-ring (bicyclic) bond motifs is 14. The number of aromatic nitrogens is 1. The number of nitrogens with zero attached hydrogens (tertiary/aromatic N) is 3. The second kappa shape index (κ2) is 15.7. The second-order valence-electron chi connectivity index (χ2n) is 22.6. The lowest BCUT2D eigenvalue weighted by Crippen LogP contribution is -2.11. The Morgan fingerprint density at radius 1 is 0.307 bits per heavy atom. The topological polar surface area (TPSA) is 37.2 Å². The fourth-order valence-electron chi connectivity index (χ4n) is 12.4. The summed E-state index contributed by atoms with van der Waals surface area (Å²) in [6.45, 7) is 13.5. The normalized spacial score (nSPS) is 12.7. The highest BCUT2D eigenvalue weighted by molar-refractivity contribution is 6.26. The van der Waals surface area contributed by atoms with Crippen LogP contribution < -0.4 is 9.80 Å². The third-order valence-corrected chi connectivity index (χ3v) is 15.8. The Morgan fingerprint density at radius 3 is 1.12 bits per heavy atom. The number of hydrogen-bond acceptors (Lipinski definition) is 4. The minimum absolute atomic E-state index is 0.0785. The van der Waals surface area contributed by atoms with Gasteiger partial charge in [-0.1, -0.05) is 169 Å². The molecular formula is C70H53N3O2. The molecule has 0 atom stereocenters. The molecule has 5 heteroatoms. The smallest absolute Gasteiger partial charge is 0.159 e. The summed E-state index contributed by atoms with van der Waals surface area (Å²) >= 11 is 0.